The molecule has 656 valence electrons. The first-order valence-electron chi connectivity index (χ1n) is 40.8. The molecule has 0 bridgehead atoms. The summed E-state index contributed by atoms with van der Waals surface area (Å²) in [7, 11) is -5.82. The molecule has 0 saturated carbocycles. The number of ketones is 2. The summed E-state index contributed by atoms with van der Waals surface area (Å²) in [5.41, 5.74) is 20.4. The SMILES string of the molecule is COc1cc(-c2cnc(N)c(-c3ccc(CC(=O)c4cn(CC5CCOCC5)cc(-c5ccc(C)cn5)c4=O)cc3F)c2)ccc1OC[C@H]1COCCO1.COc1cc(-c2cnc(N)c(-c3ccc(CC(=O)c4cn(CC5CCOCC5)cc(-c5ccc(C)cn5)c4=O)cc3F)c2)ccc1OC[C@H]1COCCO1.O=S(=O)(O)c1cccc2c(S(=O)(=O)O)cccc12. The lowest BCUT2D eigenvalue weighted by Crippen LogP contribution is -2.33. The van der Waals surface area contributed by atoms with E-state index in [1.165, 1.54) is 36.4 Å². The number of hydrogen-bond donors (Lipinski definition) is 4. The highest BCUT2D eigenvalue weighted by Crippen LogP contribution is 2.40. The topological polar surface area (TPSA) is 383 Å². The molecule has 6 aromatic heterocycles. The van der Waals surface area contributed by atoms with Crippen molar-refractivity contribution in [3.8, 4) is 90.0 Å². The third-order valence-electron chi connectivity index (χ3n) is 22.0. The zero-order chi connectivity index (χ0) is 88.8. The molecule has 126 heavy (non-hydrogen) atoms. The molecule has 0 unspecified atom stereocenters. The number of carbonyl (C=O) groups is 2. The first kappa shape index (κ1) is 89.9. The second kappa shape index (κ2) is 40.8. The standard InChI is InChI=1S/2C42H43FN4O7.C10H8O6S2/c2*1-26-3-7-37(45-19-26)34-22-47(21-27-9-11-51-12-10-27)23-35(41(34)49)38(48)16-28-4-6-32(36(43)15-28)33-17-30(20-46-42(33)44)29-5-8-39(40(18-29)50-2)54-25-31-24-52-13-14-53-31;11-17(12,13)9-5-1-3-7-8(9)4-2-6-10(7)18(14,15)16/h2*3-8,15,17-20,22-23,27,31H,9-14,16,21,24-25H2,1-2H3,(H2,44,46);1-6H,(H,11,12,13)(H,14,15,16)/t2*31-;/m11./s1. The molecule has 16 rings (SSSR count). The molecular weight excluding hydrogens is 1660 g/mol. The van der Waals surface area contributed by atoms with Gasteiger partial charge in [0.25, 0.3) is 20.2 Å². The number of aryl methyl sites for hydroxylation is 2. The number of Topliss-reactive ketones (excluding diaryl/α,β-unsaturated/α-hetero) is 2. The van der Waals surface area contributed by atoms with E-state index < -0.39 is 64.1 Å². The molecule has 6 aromatic carbocycles. The Bertz CT molecular complexity index is 5960. The second-order valence-corrected chi connectivity index (χ2v) is 33.7. The molecule has 32 heteroatoms. The quantitative estimate of drug-likeness (QED) is 0.0289. The van der Waals surface area contributed by atoms with Gasteiger partial charge in [0.2, 0.25) is 10.9 Å². The van der Waals surface area contributed by atoms with Gasteiger partial charge in [0.05, 0.1) is 87.5 Å². The number of methoxy groups -OCH3 is 2. The van der Waals surface area contributed by atoms with E-state index in [1.807, 2.05) is 59.4 Å². The van der Waals surface area contributed by atoms with Crippen LogP contribution in [0.15, 0.2) is 215 Å². The van der Waals surface area contributed by atoms with E-state index in [0.29, 0.717) is 183 Å². The summed E-state index contributed by atoms with van der Waals surface area (Å²) < 4.78 is 155. The molecule has 4 aliphatic heterocycles. The summed E-state index contributed by atoms with van der Waals surface area (Å²) in [6.45, 7) is 11.6. The van der Waals surface area contributed by atoms with Crippen molar-refractivity contribution in [1.82, 2.24) is 29.1 Å². The Kier molecular flexibility index (Phi) is 29.1. The van der Waals surface area contributed by atoms with Crippen LogP contribution in [0.4, 0.5) is 20.4 Å². The molecule has 12 aromatic rings. The van der Waals surface area contributed by atoms with Gasteiger partial charge in [0, 0.05) is 146 Å². The van der Waals surface area contributed by atoms with Gasteiger partial charge in [0.15, 0.2) is 34.6 Å². The molecular formula is C94H94F2N8O20S2. The number of nitrogen functional groups attached to an aromatic ring is 2. The number of benzene rings is 6. The van der Waals surface area contributed by atoms with E-state index in [9.17, 15) is 36.0 Å². The van der Waals surface area contributed by atoms with Gasteiger partial charge in [0.1, 0.15) is 58.5 Å². The maximum absolute atomic E-state index is 15.9. The number of ether oxygens (including phenoxy) is 10. The van der Waals surface area contributed by atoms with Crippen LogP contribution in [0, 0.1) is 37.3 Å². The van der Waals surface area contributed by atoms with E-state index in [1.54, 1.807) is 124 Å². The van der Waals surface area contributed by atoms with Gasteiger partial charge < -0.3 is 68.0 Å². The minimum Gasteiger partial charge on any atom is -0.493 e. The van der Waals surface area contributed by atoms with E-state index in [0.717, 1.165) is 60.1 Å². The molecule has 28 nitrogen and oxygen atoms in total. The van der Waals surface area contributed by atoms with Gasteiger partial charge in [-0.3, -0.25) is 38.3 Å². The van der Waals surface area contributed by atoms with Gasteiger partial charge in [-0.15, -0.1) is 0 Å². The van der Waals surface area contributed by atoms with Crippen LogP contribution in [0.2, 0.25) is 0 Å². The largest absolute Gasteiger partial charge is 0.493 e. The van der Waals surface area contributed by atoms with Crippen molar-refractivity contribution < 1.29 is 91.7 Å². The van der Waals surface area contributed by atoms with Gasteiger partial charge in [-0.2, -0.15) is 16.8 Å². The van der Waals surface area contributed by atoms with Crippen molar-refractivity contribution in [3.05, 3.63) is 261 Å². The fraction of sp³-hybridized carbons (Fsp3) is 0.298. The number of nitrogens with zero attached hydrogens (tertiary/aromatic N) is 6. The van der Waals surface area contributed by atoms with Crippen molar-refractivity contribution in [2.24, 2.45) is 11.8 Å². The van der Waals surface area contributed by atoms with E-state index in [2.05, 4.69) is 19.9 Å². The van der Waals surface area contributed by atoms with Crippen molar-refractivity contribution in [3.63, 3.8) is 0 Å². The Morgan fingerprint density at radius 1 is 0.452 bits per heavy atom. The minimum atomic E-state index is -4.47. The predicted molar refractivity (Wildman–Crippen MR) is 468 cm³/mol. The third-order valence-corrected chi connectivity index (χ3v) is 23.8. The minimum absolute atomic E-state index is 0.0233. The van der Waals surface area contributed by atoms with Gasteiger partial charge in [-0.05, 0) is 158 Å². The molecule has 4 aliphatic rings. The van der Waals surface area contributed by atoms with E-state index in [-0.39, 0.29) is 69.7 Å². The zero-order valence-electron chi connectivity index (χ0n) is 69.6. The summed E-state index contributed by atoms with van der Waals surface area (Å²) in [4.78, 5) is 72.0. The van der Waals surface area contributed by atoms with Crippen LogP contribution in [0.5, 0.6) is 23.0 Å². The Hall–Kier alpha value is -12.3. The Morgan fingerprint density at radius 2 is 0.865 bits per heavy atom. The highest BCUT2D eigenvalue weighted by molar-refractivity contribution is 7.86. The maximum Gasteiger partial charge on any atom is 0.295 e. The number of carbonyl (C=O) groups excluding carboxylic acids is 2. The number of nitrogens with two attached hydrogens (primary N) is 2. The number of rotatable bonds is 26. The average Bonchev–Trinajstić information content (AvgIpc) is 0.775. The Morgan fingerprint density at radius 3 is 1.22 bits per heavy atom. The van der Waals surface area contributed by atoms with Crippen LogP contribution in [-0.4, -0.2) is 172 Å². The van der Waals surface area contributed by atoms with Crippen molar-refractivity contribution in [2.45, 2.75) is 87.5 Å². The first-order valence-corrected chi connectivity index (χ1v) is 43.7. The summed E-state index contributed by atoms with van der Waals surface area (Å²) in [5, 5.41) is 0.0465. The van der Waals surface area contributed by atoms with E-state index >= 15 is 8.78 Å². The number of pyridine rings is 6. The summed E-state index contributed by atoms with van der Waals surface area (Å²) >= 11 is 0. The zero-order valence-corrected chi connectivity index (χ0v) is 71.2. The first-order chi connectivity index (χ1) is 60.7. The van der Waals surface area contributed by atoms with Crippen molar-refractivity contribution in [1.29, 1.82) is 0 Å². The number of halogens is 2. The number of aromatic nitrogens is 6. The lowest BCUT2D eigenvalue weighted by atomic mass is 9.96. The van der Waals surface area contributed by atoms with Crippen molar-refractivity contribution >= 4 is 54.2 Å². The van der Waals surface area contributed by atoms with Crippen LogP contribution in [0.1, 0.15) is 68.7 Å². The summed E-state index contributed by atoms with van der Waals surface area (Å²) in [6, 6.07) is 38.5. The highest BCUT2D eigenvalue weighted by Gasteiger charge is 2.28. The normalized spacial score (nSPS) is 15.7. The molecule has 0 spiro atoms. The Balaban J connectivity index is 0.000000171. The molecule has 0 radical (unpaired) electrons. The Labute approximate surface area is 725 Å². The van der Waals surface area contributed by atoms with Gasteiger partial charge in [-0.25, -0.2) is 18.7 Å². The number of anilines is 2. The predicted octanol–water partition coefficient (Wildman–Crippen LogP) is 14.0. The summed E-state index contributed by atoms with van der Waals surface area (Å²) in [6.07, 6.45) is 16.3. The summed E-state index contributed by atoms with van der Waals surface area (Å²) in [5.74, 6) is 1.15. The molecule has 6 N–H and O–H groups in total. The van der Waals surface area contributed by atoms with Crippen molar-refractivity contribution in [2.75, 3.05) is 105 Å². The van der Waals surface area contributed by atoms with Crippen LogP contribution in [-0.2, 0) is 74.6 Å². The number of hydrogen-bond acceptors (Lipinski definition) is 24. The molecule has 10 heterocycles. The highest BCUT2D eigenvalue weighted by atomic mass is 32.2. The molecule has 0 amide bonds. The van der Waals surface area contributed by atoms with E-state index in [4.69, 9.17) is 67.9 Å². The van der Waals surface area contributed by atoms with Crippen LogP contribution < -0.4 is 41.3 Å². The fourth-order valence-electron chi connectivity index (χ4n) is 15.2. The fourth-order valence-corrected chi connectivity index (χ4v) is 16.7. The lowest BCUT2D eigenvalue weighted by molar-refractivity contribution is -0.101. The van der Waals surface area contributed by atoms with Crippen LogP contribution in [0.3, 0.4) is 0 Å². The number of fused-ring (bicyclic) bond motifs is 1. The maximum atomic E-state index is 15.9. The third kappa shape index (κ3) is 22.3. The van der Waals surface area contributed by atoms with Crippen LogP contribution in [0.25, 0.3) is 77.8 Å². The van der Waals surface area contributed by atoms with Crippen LogP contribution >= 0.6 is 0 Å². The molecule has 2 atom stereocenters. The average molecular weight is 1760 g/mol. The molecule has 4 fully saturated rings. The second-order valence-electron chi connectivity index (χ2n) is 31.0. The molecule has 4 saturated heterocycles. The molecule has 0 aliphatic carbocycles. The monoisotopic (exact) mass is 1760 g/mol. The van der Waals surface area contributed by atoms with Gasteiger partial charge in [-0.1, -0.05) is 72.8 Å². The lowest BCUT2D eigenvalue weighted by Gasteiger charge is -2.23. The van der Waals surface area contributed by atoms with Gasteiger partial charge >= 0.3 is 0 Å². The smallest absolute Gasteiger partial charge is 0.295 e.